The molecule has 0 aromatic carbocycles. The third kappa shape index (κ3) is 3.86. The maximum absolute atomic E-state index is 3.20. The van der Waals surface area contributed by atoms with Gasteiger partial charge in [0.1, 0.15) is 0 Å². The molecule has 12 heavy (non-hydrogen) atoms. The highest BCUT2D eigenvalue weighted by atomic mass is 32.2. The molecule has 0 heterocycles. The largest absolute Gasteiger partial charge is 0.383 e. The summed E-state index contributed by atoms with van der Waals surface area (Å²) < 4.78 is 0. The second kappa shape index (κ2) is 5.31. The van der Waals surface area contributed by atoms with E-state index in [0.29, 0.717) is 0 Å². The third-order valence-electron chi connectivity index (χ3n) is 1.64. The number of rotatable bonds is 3. The molecule has 0 bridgehead atoms. The van der Waals surface area contributed by atoms with Gasteiger partial charge >= 0.3 is 0 Å². The van der Waals surface area contributed by atoms with Crippen molar-refractivity contribution in [3.63, 3.8) is 0 Å². The summed E-state index contributed by atoms with van der Waals surface area (Å²) >= 11 is 1.81. The fourth-order valence-electron chi connectivity index (χ4n) is 0.658. The predicted molar refractivity (Wildman–Crippen MR) is 59.1 cm³/mol. The molecule has 0 fully saturated rings. The molecule has 0 atom stereocenters. The van der Waals surface area contributed by atoms with E-state index in [1.54, 1.807) is 0 Å². The summed E-state index contributed by atoms with van der Waals surface area (Å²) in [5.74, 6) is 0. The normalized spacial score (nSPS) is 9.17. The van der Waals surface area contributed by atoms with Crippen LogP contribution in [0.3, 0.4) is 0 Å². The van der Waals surface area contributed by atoms with Gasteiger partial charge in [0.2, 0.25) is 0 Å². The van der Waals surface area contributed by atoms with E-state index in [1.165, 1.54) is 21.1 Å². The van der Waals surface area contributed by atoms with Crippen molar-refractivity contribution in [1.29, 1.82) is 0 Å². The van der Waals surface area contributed by atoms with E-state index in [1.807, 2.05) is 18.8 Å². The molecule has 0 aliphatic rings. The Balaban J connectivity index is 4.45. The molecular weight excluding hydrogens is 166 g/mol. The quantitative estimate of drug-likeness (QED) is 0.722. The first-order valence-corrected chi connectivity index (χ1v) is 4.97. The van der Waals surface area contributed by atoms with Crippen molar-refractivity contribution in [3.8, 4) is 0 Å². The Labute approximate surface area is 80.3 Å². The van der Waals surface area contributed by atoms with Gasteiger partial charge in [0.05, 0.1) is 5.03 Å². The van der Waals surface area contributed by atoms with Crippen LogP contribution in [-0.2, 0) is 0 Å². The molecule has 0 amide bonds. The number of hydrogen-bond donors (Lipinski definition) is 1. The first-order valence-electron chi connectivity index (χ1n) is 4.16. The first-order chi connectivity index (χ1) is 5.49. The number of nitrogens with one attached hydrogen (secondary N) is 1. The van der Waals surface area contributed by atoms with E-state index in [9.17, 15) is 0 Å². The van der Waals surface area contributed by atoms with Gasteiger partial charge in [0.15, 0.2) is 0 Å². The van der Waals surface area contributed by atoms with Crippen LogP contribution >= 0.6 is 11.8 Å². The van der Waals surface area contributed by atoms with Gasteiger partial charge in [-0.3, -0.25) is 0 Å². The first kappa shape index (κ1) is 11.6. The molecule has 0 aliphatic heterocycles. The van der Waals surface area contributed by atoms with Crippen molar-refractivity contribution in [2.75, 3.05) is 7.05 Å². The van der Waals surface area contributed by atoms with Crippen LogP contribution in [0.1, 0.15) is 34.6 Å². The van der Waals surface area contributed by atoms with E-state index >= 15 is 0 Å². The van der Waals surface area contributed by atoms with E-state index in [0.717, 1.165) is 0 Å². The van der Waals surface area contributed by atoms with Crippen LogP contribution in [0.4, 0.5) is 0 Å². The highest BCUT2D eigenvalue weighted by Gasteiger charge is 2.00. The number of allylic oxidation sites excluding steroid dienone is 3. The lowest BCUT2D eigenvalue weighted by atomic mass is 10.3. The lowest BCUT2D eigenvalue weighted by molar-refractivity contribution is 1.05. The molecule has 0 aromatic rings. The Hall–Kier alpha value is -0.370. The number of thioether (sulfide) groups is 1. The Morgan fingerprint density at radius 3 is 1.67 bits per heavy atom. The summed E-state index contributed by atoms with van der Waals surface area (Å²) in [5.41, 5.74) is 2.72. The van der Waals surface area contributed by atoms with Gasteiger partial charge in [0.25, 0.3) is 0 Å². The molecule has 2 heteroatoms. The molecule has 0 saturated heterocycles. The molecule has 1 nitrogen and oxygen atoms in total. The average Bonchev–Trinajstić information content (AvgIpc) is 1.98. The zero-order chi connectivity index (χ0) is 9.72. The molecule has 0 saturated carbocycles. The molecule has 1 N–H and O–H groups in total. The molecule has 0 aromatic heterocycles. The topological polar surface area (TPSA) is 12.0 Å². The van der Waals surface area contributed by atoms with Gasteiger partial charge in [-0.15, -0.1) is 0 Å². The molecule has 0 aliphatic carbocycles. The van der Waals surface area contributed by atoms with Crippen molar-refractivity contribution in [2.45, 2.75) is 34.6 Å². The predicted octanol–water partition coefficient (Wildman–Crippen LogP) is 3.50. The summed E-state index contributed by atoms with van der Waals surface area (Å²) in [7, 11) is 1.97. The fraction of sp³-hybridized carbons (Fsp3) is 0.600. The van der Waals surface area contributed by atoms with Gasteiger partial charge in [-0.25, -0.2) is 0 Å². The summed E-state index contributed by atoms with van der Waals surface area (Å²) in [6.45, 7) is 10.7. The Bertz CT molecular complexity index is 206. The van der Waals surface area contributed by atoms with E-state index in [4.69, 9.17) is 0 Å². The van der Waals surface area contributed by atoms with Crippen LogP contribution in [0, 0.1) is 0 Å². The lowest BCUT2D eigenvalue weighted by Crippen LogP contribution is -2.03. The minimum absolute atomic E-state index is 1.26. The van der Waals surface area contributed by atoms with Crippen LogP contribution in [0.15, 0.2) is 21.1 Å². The minimum Gasteiger partial charge on any atom is -0.383 e. The van der Waals surface area contributed by atoms with Crippen LogP contribution in [0.2, 0.25) is 0 Å². The lowest BCUT2D eigenvalue weighted by Gasteiger charge is -2.09. The molecule has 0 spiro atoms. The van der Waals surface area contributed by atoms with Crippen LogP contribution in [0.25, 0.3) is 0 Å². The summed E-state index contributed by atoms with van der Waals surface area (Å²) in [5, 5.41) is 4.45. The molecular formula is C10H19NS. The summed E-state index contributed by atoms with van der Waals surface area (Å²) in [6.07, 6.45) is 0. The standard InChI is InChI=1S/C10H19NS/c1-7(2)9(5)12-10(11-6)8(3)4/h11H,1-6H3. The van der Waals surface area contributed by atoms with Gasteiger partial charge in [-0.1, -0.05) is 17.3 Å². The smallest absolute Gasteiger partial charge is 0.0710 e. The Morgan fingerprint density at radius 1 is 0.917 bits per heavy atom. The maximum atomic E-state index is 3.20. The minimum atomic E-state index is 1.26. The zero-order valence-electron chi connectivity index (χ0n) is 8.91. The second-order valence-electron chi connectivity index (χ2n) is 3.24. The molecule has 0 rings (SSSR count). The Kier molecular flexibility index (Phi) is 5.14. The van der Waals surface area contributed by atoms with Crippen molar-refractivity contribution in [3.05, 3.63) is 21.1 Å². The van der Waals surface area contributed by atoms with Crippen LogP contribution in [-0.4, -0.2) is 7.05 Å². The van der Waals surface area contributed by atoms with Gasteiger partial charge in [0, 0.05) is 7.05 Å². The third-order valence-corrected chi connectivity index (χ3v) is 3.17. The van der Waals surface area contributed by atoms with Crippen LogP contribution in [0.5, 0.6) is 0 Å². The Morgan fingerprint density at radius 2 is 1.42 bits per heavy atom. The van der Waals surface area contributed by atoms with Crippen molar-refractivity contribution >= 4 is 11.8 Å². The monoisotopic (exact) mass is 185 g/mol. The fourth-order valence-corrected chi connectivity index (χ4v) is 1.47. The van der Waals surface area contributed by atoms with E-state index in [2.05, 4.69) is 39.9 Å². The van der Waals surface area contributed by atoms with Crippen molar-refractivity contribution < 1.29 is 0 Å². The molecule has 0 radical (unpaired) electrons. The highest BCUT2D eigenvalue weighted by Crippen LogP contribution is 2.27. The molecule has 70 valence electrons. The molecule has 0 unspecified atom stereocenters. The zero-order valence-corrected chi connectivity index (χ0v) is 9.72. The highest BCUT2D eigenvalue weighted by molar-refractivity contribution is 8.06. The van der Waals surface area contributed by atoms with E-state index < -0.39 is 0 Å². The van der Waals surface area contributed by atoms with Gasteiger partial charge in [-0.05, 0) is 45.1 Å². The van der Waals surface area contributed by atoms with Crippen molar-refractivity contribution in [2.24, 2.45) is 0 Å². The van der Waals surface area contributed by atoms with E-state index in [-0.39, 0.29) is 0 Å². The maximum Gasteiger partial charge on any atom is 0.0710 e. The number of hydrogen-bond acceptors (Lipinski definition) is 2. The van der Waals surface area contributed by atoms with Crippen LogP contribution < -0.4 is 5.32 Å². The summed E-state index contributed by atoms with van der Waals surface area (Å²) in [6, 6.07) is 0. The van der Waals surface area contributed by atoms with Gasteiger partial charge < -0.3 is 5.32 Å². The SMILES string of the molecule is CNC(SC(C)=C(C)C)=C(C)C. The van der Waals surface area contributed by atoms with Gasteiger partial charge in [-0.2, -0.15) is 0 Å². The average molecular weight is 185 g/mol. The second-order valence-corrected chi connectivity index (χ2v) is 4.46. The summed E-state index contributed by atoms with van der Waals surface area (Å²) in [4.78, 5) is 1.38. The van der Waals surface area contributed by atoms with Crippen molar-refractivity contribution in [1.82, 2.24) is 5.32 Å².